The molecular formula is C20H27N5O3. The first-order chi connectivity index (χ1) is 13.5. The minimum absolute atomic E-state index is 0.0190. The Labute approximate surface area is 164 Å². The molecule has 2 aliphatic rings. The number of ether oxygens (including phenoxy) is 2. The Balaban J connectivity index is 1.54. The van der Waals surface area contributed by atoms with Gasteiger partial charge < -0.3 is 20.1 Å². The number of amides is 1. The predicted molar refractivity (Wildman–Crippen MR) is 105 cm³/mol. The number of pyridine rings is 1. The maximum Gasteiger partial charge on any atom is 0.407 e. The number of H-pyrrole nitrogens is 1. The molecular weight excluding hydrogens is 358 g/mol. The lowest BCUT2D eigenvalue weighted by molar-refractivity contribution is 0.0964. The summed E-state index contributed by atoms with van der Waals surface area (Å²) in [5.41, 5.74) is 1.94. The van der Waals surface area contributed by atoms with E-state index in [2.05, 4.69) is 25.8 Å². The maximum absolute atomic E-state index is 12.2. The maximum atomic E-state index is 12.2. The molecule has 1 aliphatic carbocycles. The molecule has 0 unspecified atom stereocenters. The van der Waals surface area contributed by atoms with Gasteiger partial charge in [-0.2, -0.15) is 5.10 Å². The average Bonchev–Trinajstić information content (AvgIpc) is 3.29. The van der Waals surface area contributed by atoms with Crippen molar-refractivity contribution in [3.8, 4) is 5.88 Å². The smallest absolute Gasteiger partial charge is 0.407 e. The van der Waals surface area contributed by atoms with Gasteiger partial charge in [-0.1, -0.05) is 0 Å². The number of anilines is 2. The summed E-state index contributed by atoms with van der Waals surface area (Å²) in [5.74, 6) is 1.62. The molecule has 1 aliphatic heterocycles. The number of carbonyl (C=O) groups excluding carboxylic acids is 1. The van der Waals surface area contributed by atoms with Gasteiger partial charge in [0.2, 0.25) is 5.88 Å². The molecule has 4 rings (SSSR count). The van der Waals surface area contributed by atoms with Gasteiger partial charge in [-0.3, -0.25) is 5.10 Å². The van der Waals surface area contributed by atoms with Crippen molar-refractivity contribution in [1.82, 2.24) is 20.5 Å². The van der Waals surface area contributed by atoms with E-state index in [4.69, 9.17) is 9.47 Å². The summed E-state index contributed by atoms with van der Waals surface area (Å²) in [6.45, 7) is 3.99. The van der Waals surface area contributed by atoms with Crippen molar-refractivity contribution in [3.63, 3.8) is 0 Å². The van der Waals surface area contributed by atoms with Gasteiger partial charge in [-0.25, -0.2) is 9.78 Å². The van der Waals surface area contributed by atoms with Crippen molar-refractivity contribution < 1.29 is 14.3 Å². The highest BCUT2D eigenvalue weighted by atomic mass is 16.6. The number of hydrogen-bond acceptors (Lipinski definition) is 6. The Morgan fingerprint density at radius 3 is 2.89 bits per heavy atom. The highest BCUT2D eigenvalue weighted by Gasteiger charge is 2.30. The van der Waals surface area contributed by atoms with Crippen molar-refractivity contribution in [3.05, 3.63) is 30.1 Å². The third kappa shape index (κ3) is 4.55. The van der Waals surface area contributed by atoms with Crippen molar-refractivity contribution >= 4 is 17.6 Å². The third-order valence-corrected chi connectivity index (χ3v) is 5.40. The van der Waals surface area contributed by atoms with Crippen LogP contribution < -0.4 is 15.4 Å². The second kappa shape index (κ2) is 8.08. The number of aromatic amines is 1. The van der Waals surface area contributed by atoms with Crippen molar-refractivity contribution in [2.24, 2.45) is 0 Å². The van der Waals surface area contributed by atoms with E-state index in [1.807, 2.05) is 32.0 Å². The molecule has 1 fully saturated rings. The molecule has 0 aromatic carbocycles. The zero-order valence-corrected chi connectivity index (χ0v) is 16.3. The first-order valence-corrected chi connectivity index (χ1v) is 9.97. The second-order valence-electron chi connectivity index (χ2n) is 7.80. The lowest BCUT2D eigenvalue weighted by atomic mass is 10.0. The summed E-state index contributed by atoms with van der Waals surface area (Å²) in [6.07, 6.45) is 5.56. The summed E-state index contributed by atoms with van der Waals surface area (Å²) >= 11 is 0. The third-order valence-electron chi connectivity index (χ3n) is 5.40. The summed E-state index contributed by atoms with van der Waals surface area (Å²) in [6, 6.07) is 5.80. The fourth-order valence-corrected chi connectivity index (χ4v) is 3.85. The number of hydrogen-bond donors (Lipinski definition) is 3. The van der Waals surface area contributed by atoms with E-state index in [1.54, 1.807) is 6.20 Å². The molecule has 3 N–H and O–H groups in total. The van der Waals surface area contributed by atoms with Crippen molar-refractivity contribution in [2.45, 2.75) is 70.1 Å². The Hall–Kier alpha value is -2.77. The average molecular weight is 385 g/mol. The number of rotatable bonds is 0. The molecule has 1 saturated carbocycles. The van der Waals surface area contributed by atoms with Gasteiger partial charge in [0.15, 0.2) is 5.82 Å². The molecule has 3 heterocycles. The first-order valence-electron chi connectivity index (χ1n) is 9.97. The van der Waals surface area contributed by atoms with Crippen LogP contribution in [0.15, 0.2) is 24.4 Å². The fourth-order valence-electron chi connectivity index (χ4n) is 3.85. The van der Waals surface area contributed by atoms with E-state index in [-0.39, 0.29) is 24.3 Å². The largest absolute Gasteiger partial charge is 0.475 e. The number of nitrogens with zero attached hydrogens (tertiary/aromatic N) is 2. The number of alkyl carbamates (subject to hydrolysis) is 1. The van der Waals surface area contributed by atoms with E-state index in [0.717, 1.165) is 49.3 Å². The first kappa shape index (κ1) is 18.6. The second-order valence-corrected chi connectivity index (χ2v) is 7.80. The van der Waals surface area contributed by atoms with E-state index < -0.39 is 0 Å². The Kier molecular flexibility index (Phi) is 5.36. The van der Waals surface area contributed by atoms with Crippen molar-refractivity contribution in [1.29, 1.82) is 0 Å². The van der Waals surface area contributed by atoms with Gasteiger partial charge >= 0.3 is 6.09 Å². The molecule has 2 aromatic heterocycles. The highest BCUT2D eigenvalue weighted by molar-refractivity contribution is 5.67. The Bertz CT molecular complexity index is 824. The van der Waals surface area contributed by atoms with Gasteiger partial charge in [-0.05, 0) is 52.0 Å². The van der Waals surface area contributed by atoms with Crippen LogP contribution in [-0.4, -0.2) is 39.5 Å². The molecule has 0 radical (unpaired) electrons. The van der Waals surface area contributed by atoms with Gasteiger partial charge in [0, 0.05) is 41.7 Å². The van der Waals surface area contributed by atoms with Crippen LogP contribution in [0.5, 0.6) is 5.88 Å². The van der Waals surface area contributed by atoms with E-state index in [1.165, 1.54) is 0 Å². The molecule has 8 heteroatoms. The summed E-state index contributed by atoms with van der Waals surface area (Å²) in [5, 5.41) is 13.7. The fraction of sp³-hybridized carbons (Fsp3) is 0.550. The standard InChI is InChI=1S/C20H27N5O3/c1-12-3-4-13(2)27-19-10-15(7-8-21-19)23-18-11-17(24-25-18)14-5-6-16(9-14)28-20(26)22-12/h7-8,10-14,16H,3-6,9H2,1-2H3,(H,22,26)(H2,23,24,25)/t12-,13+,14+,16-/m1/s1. The Morgan fingerprint density at radius 2 is 2.00 bits per heavy atom. The topological polar surface area (TPSA) is 101 Å². The number of aromatic nitrogens is 3. The van der Waals surface area contributed by atoms with Crippen LogP contribution >= 0.6 is 0 Å². The molecule has 8 nitrogen and oxygen atoms in total. The zero-order chi connectivity index (χ0) is 19.5. The number of fused-ring (bicyclic) bond motifs is 7. The van der Waals surface area contributed by atoms with Crippen LogP contribution in [0.2, 0.25) is 0 Å². The van der Waals surface area contributed by atoms with Crippen LogP contribution in [0, 0.1) is 0 Å². The molecule has 28 heavy (non-hydrogen) atoms. The molecule has 1 amide bonds. The van der Waals surface area contributed by atoms with Crippen LogP contribution in [0.3, 0.4) is 0 Å². The van der Waals surface area contributed by atoms with Crippen LogP contribution in [0.25, 0.3) is 0 Å². The molecule has 0 spiro atoms. The zero-order valence-electron chi connectivity index (χ0n) is 16.3. The quantitative estimate of drug-likeness (QED) is 0.637. The summed E-state index contributed by atoms with van der Waals surface area (Å²) in [4.78, 5) is 16.5. The monoisotopic (exact) mass is 385 g/mol. The van der Waals surface area contributed by atoms with Crippen LogP contribution in [-0.2, 0) is 4.74 Å². The van der Waals surface area contributed by atoms with E-state index in [0.29, 0.717) is 11.8 Å². The molecule has 0 saturated heterocycles. The lowest BCUT2D eigenvalue weighted by Crippen LogP contribution is -2.35. The predicted octanol–water partition coefficient (Wildman–Crippen LogP) is 3.86. The molecule has 6 bridgehead atoms. The van der Waals surface area contributed by atoms with Gasteiger partial charge in [0.25, 0.3) is 0 Å². The number of nitrogens with one attached hydrogen (secondary N) is 3. The van der Waals surface area contributed by atoms with Gasteiger partial charge in [0.05, 0.1) is 6.10 Å². The molecule has 150 valence electrons. The van der Waals surface area contributed by atoms with Gasteiger partial charge in [-0.15, -0.1) is 0 Å². The highest BCUT2D eigenvalue weighted by Crippen LogP contribution is 2.36. The molecule has 4 atom stereocenters. The summed E-state index contributed by atoms with van der Waals surface area (Å²) in [7, 11) is 0. The van der Waals surface area contributed by atoms with Crippen molar-refractivity contribution in [2.75, 3.05) is 5.32 Å². The number of carbonyl (C=O) groups is 1. The Morgan fingerprint density at radius 1 is 1.11 bits per heavy atom. The lowest BCUT2D eigenvalue weighted by Gasteiger charge is -2.19. The SMILES string of the molecule is C[C@@H]1CC[C@H](C)Oc2cc(ccn2)Nc2cc([nH]n2)[C@H]2CC[C@H](C2)OC(=O)N1. The van der Waals surface area contributed by atoms with Gasteiger partial charge in [0.1, 0.15) is 6.10 Å². The summed E-state index contributed by atoms with van der Waals surface area (Å²) < 4.78 is 11.6. The van der Waals surface area contributed by atoms with E-state index in [9.17, 15) is 4.79 Å². The van der Waals surface area contributed by atoms with E-state index >= 15 is 0 Å². The normalized spacial score (nSPS) is 28.1. The minimum atomic E-state index is -0.339. The minimum Gasteiger partial charge on any atom is -0.475 e. The van der Waals surface area contributed by atoms with Crippen LogP contribution in [0.1, 0.15) is 57.6 Å². The molecule has 2 aromatic rings. The van der Waals surface area contributed by atoms with Crippen LogP contribution in [0.4, 0.5) is 16.3 Å².